The van der Waals surface area contributed by atoms with Gasteiger partial charge in [-0.3, -0.25) is 14.5 Å². The highest BCUT2D eigenvalue weighted by Gasteiger charge is 2.25. The summed E-state index contributed by atoms with van der Waals surface area (Å²) in [5.74, 6) is -0.176. The Morgan fingerprint density at radius 3 is 2.32 bits per heavy atom. The van der Waals surface area contributed by atoms with Crippen LogP contribution in [0.4, 0.5) is 5.69 Å². The van der Waals surface area contributed by atoms with Crippen LogP contribution in [-0.4, -0.2) is 54.3 Å². The Hall–Kier alpha value is -2.37. The van der Waals surface area contributed by atoms with Gasteiger partial charge in [0, 0.05) is 50.4 Å². The molecule has 5 nitrogen and oxygen atoms in total. The fraction of sp³-hybridized carbons (Fsp3) is 0.364. The normalized spacial score (nSPS) is 14.8. The van der Waals surface area contributed by atoms with E-state index in [0.29, 0.717) is 18.1 Å². The number of anilines is 1. The Balaban J connectivity index is 1.58. The van der Waals surface area contributed by atoms with Crippen molar-refractivity contribution in [3.63, 3.8) is 0 Å². The van der Waals surface area contributed by atoms with E-state index in [4.69, 9.17) is 11.6 Å². The fourth-order valence-electron chi connectivity index (χ4n) is 3.52. The van der Waals surface area contributed by atoms with Gasteiger partial charge in [0.05, 0.1) is 0 Å². The number of rotatable bonds is 5. The van der Waals surface area contributed by atoms with Crippen molar-refractivity contribution in [1.29, 1.82) is 0 Å². The lowest BCUT2D eigenvalue weighted by Gasteiger charge is -2.36. The highest BCUT2D eigenvalue weighted by molar-refractivity contribution is 6.30. The van der Waals surface area contributed by atoms with Gasteiger partial charge in [0.2, 0.25) is 11.8 Å². The molecular formula is C22H26ClN3O2. The zero-order chi connectivity index (χ0) is 20.1. The molecule has 148 valence electrons. The van der Waals surface area contributed by atoms with E-state index in [-0.39, 0.29) is 18.4 Å². The molecule has 6 heteroatoms. The smallest absolute Gasteiger partial charge is 0.242 e. The van der Waals surface area contributed by atoms with E-state index in [1.54, 1.807) is 18.2 Å². The summed E-state index contributed by atoms with van der Waals surface area (Å²) >= 11 is 6.02. The van der Waals surface area contributed by atoms with Crippen molar-refractivity contribution in [3.05, 3.63) is 64.7 Å². The van der Waals surface area contributed by atoms with Crippen molar-refractivity contribution >= 4 is 29.1 Å². The molecule has 3 rings (SSSR count). The van der Waals surface area contributed by atoms with Gasteiger partial charge in [-0.25, -0.2) is 0 Å². The Labute approximate surface area is 171 Å². The topological polar surface area (TPSA) is 43.9 Å². The number of amides is 2. The van der Waals surface area contributed by atoms with E-state index in [0.717, 1.165) is 30.9 Å². The third-order valence-electron chi connectivity index (χ3n) is 5.10. The molecule has 2 aromatic rings. The standard InChI is InChI=1S/C22H26ClN3O2/c1-17-14-20(23)8-9-21(17)26(18(2)27)16-22(28)25-12-10-24(11-13-25)15-19-6-4-3-5-7-19/h3-9,14H,10-13,15-16H2,1-2H3. The molecule has 0 radical (unpaired) electrons. The molecule has 1 heterocycles. The van der Waals surface area contributed by atoms with Crippen molar-refractivity contribution < 1.29 is 9.59 Å². The van der Waals surface area contributed by atoms with Crippen molar-refractivity contribution in [2.45, 2.75) is 20.4 Å². The highest BCUT2D eigenvalue weighted by Crippen LogP contribution is 2.24. The van der Waals surface area contributed by atoms with E-state index in [9.17, 15) is 9.59 Å². The monoisotopic (exact) mass is 399 g/mol. The van der Waals surface area contributed by atoms with Crippen LogP contribution in [-0.2, 0) is 16.1 Å². The van der Waals surface area contributed by atoms with Gasteiger partial charge >= 0.3 is 0 Å². The summed E-state index contributed by atoms with van der Waals surface area (Å²) in [5, 5.41) is 0.616. The maximum absolute atomic E-state index is 12.8. The number of piperazine rings is 1. The number of hydrogen-bond acceptors (Lipinski definition) is 3. The van der Waals surface area contributed by atoms with Gasteiger partial charge in [-0.1, -0.05) is 41.9 Å². The Kier molecular flexibility index (Phi) is 6.70. The first kappa shape index (κ1) is 20.4. The number of aryl methyl sites for hydroxylation is 1. The van der Waals surface area contributed by atoms with E-state index in [1.165, 1.54) is 17.4 Å². The van der Waals surface area contributed by atoms with Crippen molar-refractivity contribution in [2.75, 3.05) is 37.6 Å². The predicted octanol–water partition coefficient (Wildman–Crippen LogP) is 3.35. The second-order valence-corrected chi connectivity index (χ2v) is 7.61. The summed E-state index contributed by atoms with van der Waals surface area (Å²) in [4.78, 5) is 30.7. The average molecular weight is 400 g/mol. The molecule has 1 fully saturated rings. The van der Waals surface area contributed by atoms with E-state index >= 15 is 0 Å². The molecule has 0 atom stereocenters. The SMILES string of the molecule is CC(=O)N(CC(=O)N1CCN(Cc2ccccc2)CC1)c1ccc(Cl)cc1C. The molecule has 0 aliphatic carbocycles. The minimum atomic E-state index is -0.151. The van der Waals surface area contributed by atoms with Gasteiger partial charge < -0.3 is 9.80 Å². The summed E-state index contributed by atoms with van der Waals surface area (Å²) in [6, 6.07) is 15.7. The van der Waals surface area contributed by atoms with Crippen LogP contribution in [0.25, 0.3) is 0 Å². The first-order valence-electron chi connectivity index (χ1n) is 9.52. The molecule has 0 N–H and O–H groups in total. The molecule has 0 bridgehead atoms. The van der Waals surface area contributed by atoms with Crippen molar-refractivity contribution in [2.24, 2.45) is 0 Å². The quantitative estimate of drug-likeness (QED) is 0.774. The number of carbonyl (C=O) groups excluding carboxylic acids is 2. The van der Waals surface area contributed by atoms with Gasteiger partial charge in [0.15, 0.2) is 0 Å². The first-order valence-corrected chi connectivity index (χ1v) is 9.90. The van der Waals surface area contributed by atoms with E-state index < -0.39 is 0 Å². The third kappa shape index (κ3) is 5.12. The molecule has 1 aliphatic heterocycles. The minimum absolute atomic E-state index is 0.0242. The van der Waals surface area contributed by atoms with Gasteiger partial charge in [-0.2, -0.15) is 0 Å². The summed E-state index contributed by atoms with van der Waals surface area (Å²) < 4.78 is 0. The summed E-state index contributed by atoms with van der Waals surface area (Å²) in [6.45, 7) is 7.35. The molecule has 28 heavy (non-hydrogen) atoms. The van der Waals surface area contributed by atoms with Crippen LogP contribution >= 0.6 is 11.6 Å². The van der Waals surface area contributed by atoms with Gasteiger partial charge in [0.1, 0.15) is 6.54 Å². The second kappa shape index (κ2) is 9.22. The Morgan fingerprint density at radius 2 is 1.71 bits per heavy atom. The van der Waals surface area contributed by atoms with E-state index in [2.05, 4.69) is 17.0 Å². The maximum Gasteiger partial charge on any atom is 0.242 e. The lowest BCUT2D eigenvalue weighted by molar-refractivity contribution is -0.132. The molecule has 0 unspecified atom stereocenters. The van der Waals surface area contributed by atoms with Crippen LogP contribution in [0, 0.1) is 6.92 Å². The fourth-order valence-corrected chi connectivity index (χ4v) is 3.75. The van der Waals surface area contributed by atoms with Gasteiger partial charge in [-0.15, -0.1) is 0 Å². The van der Waals surface area contributed by atoms with Gasteiger partial charge in [0.25, 0.3) is 0 Å². The molecule has 1 saturated heterocycles. The number of carbonyl (C=O) groups is 2. The van der Waals surface area contributed by atoms with Crippen LogP contribution < -0.4 is 4.90 Å². The van der Waals surface area contributed by atoms with Crippen molar-refractivity contribution in [1.82, 2.24) is 9.80 Å². The molecule has 0 saturated carbocycles. The van der Waals surface area contributed by atoms with Crippen LogP contribution in [0.15, 0.2) is 48.5 Å². The molecule has 0 spiro atoms. The van der Waals surface area contributed by atoms with Crippen LogP contribution in [0.3, 0.4) is 0 Å². The molecular weight excluding hydrogens is 374 g/mol. The number of hydrogen-bond donors (Lipinski definition) is 0. The average Bonchev–Trinajstić information content (AvgIpc) is 2.68. The van der Waals surface area contributed by atoms with Crippen LogP contribution in [0.1, 0.15) is 18.1 Å². The number of halogens is 1. The maximum atomic E-state index is 12.8. The first-order chi connectivity index (χ1) is 13.4. The Bertz CT molecular complexity index is 833. The number of benzene rings is 2. The van der Waals surface area contributed by atoms with E-state index in [1.807, 2.05) is 30.0 Å². The lowest BCUT2D eigenvalue weighted by atomic mass is 10.1. The van der Waals surface area contributed by atoms with Gasteiger partial charge in [-0.05, 0) is 36.2 Å². The molecule has 1 aliphatic rings. The lowest BCUT2D eigenvalue weighted by Crippen LogP contribution is -2.51. The third-order valence-corrected chi connectivity index (χ3v) is 5.33. The van der Waals surface area contributed by atoms with Crippen LogP contribution in [0.2, 0.25) is 5.02 Å². The zero-order valence-electron chi connectivity index (χ0n) is 16.4. The number of nitrogens with zero attached hydrogens (tertiary/aromatic N) is 3. The largest absolute Gasteiger partial charge is 0.339 e. The second-order valence-electron chi connectivity index (χ2n) is 7.18. The highest BCUT2D eigenvalue weighted by atomic mass is 35.5. The summed E-state index contributed by atoms with van der Waals surface area (Å²) in [5.41, 5.74) is 2.89. The molecule has 2 aromatic carbocycles. The molecule has 2 amide bonds. The summed E-state index contributed by atoms with van der Waals surface area (Å²) in [6.07, 6.45) is 0. The zero-order valence-corrected chi connectivity index (χ0v) is 17.2. The molecule has 0 aromatic heterocycles. The van der Waals surface area contributed by atoms with Crippen molar-refractivity contribution in [3.8, 4) is 0 Å². The summed E-state index contributed by atoms with van der Waals surface area (Å²) in [7, 11) is 0. The predicted molar refractivity (Wildman–Crippen MR) is 113 cm³/mol. The van der Waals surface area contributed by atoms with Crippen LogP contribution in [0.5, 0.6) is 0 Å². The Morgan fingerprint density at radius 1 is 1.04 bits per heavy atom. The minimum Gasteiger partial charge on any atom is -0.339 e.